The lowest BCUT2D eigenvalue weighted by molar-refractivity contribution is -0.137. The maximum Gasteiger partial charge on any atom is 0.416 e. The van der Waals surface area contributed by atoms with Crippen molar-refractivity contribution in [3.8, 4) is 0 Å². The van der Waals surface area contributed by atoms with E-state index in [9.17, 15) is 23.1 Å². The number of imidazole rings is 1. The lowest BCUT2D eigenvalue weighted by Gasteiger charge is -2.14. The lowest BCUT2D eigenvalue weighted by atomic mass is 10.1. The molecule has 2 aromatic carbocycles. The summed E-state index contributed by atoms with van der Waals surface area (Å²) < 4.78 is 39.5. The summed E-state index contributed by atoms with van der Waals surface area (Å²) in [5, 5.41) is 12.6. The van der Waals surface area contributed by atoms with E-state index < -0.39 is 23.8 Å². The van der Waals surface area contributed by atoms with Crippen molar-refractivity contribution in [1.82, 2.24) is 14.9 Å². The van der Waals surface area contributed by atoms with E-state index >= 15 is 0 Å². The largest absolute Gasteiger partial charge is 0.416 e. The standard InChI is InChI=1S/C18H16F3N3O2/c1-24-10-23-14-8-12(4-7-15(14)24)17(26)22-9-16(25)11-2-5-13(6-3-11)18(19,20)21/h2-8,10,16,25H,9H2,1H3,(H,22,26)/t16-/m1/s1. The van der Waals surface area contributed by atoms with Gasteiger partial charge >= 0.3 is 6.18 Å². The summed E-state index contributed by atoms with van der Waals surface area (Å²) in [5.74, 6) is -0.400. The van der Waals surface area contributed by atoms with E-state index in [0.29, 0.717) is 16.6 Å². The first-order valence-corrected chi connectivity index (χ1v) is 7.80. The molecule has 1 atom stereocenters. The van der Waals surface area contributed by atoms with Crippen LogP contribution >= 0.6 is 0 Å². The molecule has 0 aliphatic carbocycles. The zero-order valence-corrected chi connectivity index (χ0v) is 13.8. The molecule has 1 aromatic heterocycles. The van der Waals surface area contributed by atoms with Gasteiger partial charge in [-0.1, -0.05) is 12.1 Å². The van der Waals surface area contributed by atoms with E-state index in [0.717, 1.165) is 17.6 Å². The second-order valence-corrected chi connectivity index (χ2v) is 5.90. The van der Waals surface area contributed by atoms with Crippen molar-refractivity contribution in [1.29, 1.82) is 0 Å². The summed E-state index contributed by atoms with van der Waals surface area (Å²) in [6.07, 6.45) is -3.90. The summed E-state index contributed by atoms with van der Waals surface area (Å²) in [4.78, 5) is 16.4. The summed E-state index contributed by atoms with van der Waals surface area (Å²) in [5.41, 5.74) is 1.44. The number of aliphatic hydroxyl groups is 1. The van der Waals surface area contributed by atoms with Crippen LogP contribution in [0, 0.1) is 0 Å². The molecule has 0 fully saturated rings. The van der Waals surface area contributed by atoms with Crippen LogP contribution in [0.5, 0.6) is 0 Å². The minimum absolute atomic E-state index is 0.121. The molecule has 5 nitrogen and oxygen atoms in total. The van der Waals surface area contributed by atoms with Crippen LogP contribution in [0.1, 0.15) is 27.6 Å². The molecule has 0 aliphatic heterocycles. The number of aromatic nitrogens is 2. The van der Waals surface area contributed by atoms with E-state index in [1.54, 1.807) is 24.5 Å². The third-order valence-corrected chi connectivity index (χ3v) is 4.07. The predicted molar refractivity (Wildman–Crippen MR) is 89.5 cm³/mol. The second kappa shape index (κ2) is 6.80. The molecule has 3 rings (SSSR count). The van der Waals surface area contributed by atoms with Gasteiger partial charge in [0, 0.05) is 19.2 Å². The summed E-state index contributed by atoms with van der Waals surface area (Å²) in [7, 11) is 1.84. The molecule has 136 valence electrons. The lowest BCUT2D eigenvalue weighted by Crippen LogP contribution is -2.28. The van der Waals surface area contributed by atoms with Gasteiger partial charge in [0.1, 0.15) is 0 Å². The van der Waals surface area contributed by atoms with Crippen molar-refractivity contribution in [2.24, 2.45) is 7.05 Å². The van der Waals surface area contributed by atoms with Crippen LogP contribution in [-0.2, 0) is 13.2 Å². The molecule has 0 unspecified atom stereocenters. The quantitative estimate of drug-likeness (QED) is 0.749. The van der Waals surface area contributed by atoms with E-state index in [1.165, 1.54) is 12.1 Å². The third-order valence-electron chi connectivity index (χ3n) is 4.07. The molecule has 26 heavy (non-hydrogen) atoms. The monoisotopic (exact) mass is 363 g/mol. The number of fused-ring (bicyclic) bond motifs is 1. The number of amides is 1. The molecule has 0 bridgehead atoms. The average Bonchev–Trinajstić information content (AvgIpc) is 2.99. The molecule has 1 amide bonds. The van der Waals surface area contributed by atoms with Crippen LogP contribution in [0.25, 0.3) is 11.0 Å². The first-order chi connectivity index (χ1) is 12.3. The second-order valence-electron chi connectivity index (χ2n) is 5.90. The highest BCUT2D eigenvalue weighted by atomic mass is 19.4. The zero-order valence-electron chi connectivity index (χ0n) is 13.8. The number of carbonyl (C=O) groups is 1. The van der Waals surface area contributed by atoms with E-state index in [2.05, 4.69) is 10.3 Å². The third kappa shape index (κ3) is 3.70. The molecular weight excluding hydrogens is 347 g/mol. The molecular formula is C18H16F3N3O2. The summed E-state index contributed by atoms with van der Waals surface area (Å²) in [6.45, 7) is -0.121. The van der Waals surface area contributed by atoms with Crippen LogP contribution < -0.4 is 5.32 Å². The van der Waals surface area contributed by atoms with Gasteiger partial charge in [-0.15, -0.1) is 0 Å². The van der Waals surface area contributed by atoms with Gasteiger partial charge in [-0.3, -0.25) is 4.79 Å². The molecule has 1 heterocycles. The Balaban J connectivity index is 1.64. The van der Waals surface area contributed by atoms with Crippen LogP contribution in [-0.4, -0.2) is 27.1 Å². The van der Waals surface area contributed by atoms with Gasteiger partial charge in [-0.25, -0.2) is 4.98 Å². The molecule has 8 heteroatoms. The summed E-state index contributed by atoms with van der Waals surface area (Å²) >= 11 is 0. The van der Waals surface area contributed by atoms with Gasteiger partial charge in [-0.2, -0.15) is 13.2 Å². The van der Waals surface area contributed by atoms with Crippen LogP contribution in [0.3, 0.4) is 0 Å². The number of carbonyl (C=O) groups excluding carboxylic acids is 1. The van der Waals surface area contributed by atoms with Gasteiger partial charge in [0.2, 0.25) is 0 Å². The Bertz CT molecular complexity index is 933. The highest BCUT2D eigenvalue weighted by Crippen LogP contribution is 2.29. The number of nitrogens with one attached hydrogen (secondary N) is 1. The topological polar surface area (TPSA) is 67.2 Å². The van der Waals surface area contributed by atoms with Gasteiger partial charge in [0.15, 0.2) is 0 Å². The van der Waals surface area contributed by atoms with Crippen molar-refractivity contribution in [3.63, 3.8) is 0 Å². The number of halogens is 3. The Hall–Kier alpha value is -2.87. The SMILES string of the molecule is Cn1cnc2cc(C(=O)NC[C@@H](O)c3ccc(C(F)(F)F)cc3)ccc21. The number of nitrogens with zero attached hydrogens (tertiary/aromatic N) is 2. The number of alkyl halides is 3. The fourth-order valence-electron chi connectivity index (χ4n) is 2.58. The Kier molecular flexibility index (Phi) is 4.69. The number of aliphatic hydroxyl groups excluding tert-OH is 1. The van der Waals surface area contributed by atoms with E-state index in [1.807, 2.05) is 11.6 Å². The average molecular weight is 363 g/mol. The highest BCUT2D eigenvalue weighted by molar-refractivity contribution is 5.97. The van der Waals surface area contributed by atoms with Gasteiger partial charge in [-0.05, 0) is 35.9 Å². The van der Waals surface area contributed by atoms with Gasteiger partial charge < -0.3 is 15.0 Å². The van der Waals surface area contributed by atoms with Gasteiger partial charge in [0.05, 0.1) is 29.0 Å². The van der Waals surface area contributed by atoms with Crippen LogP contribution in [0.2, 0.25) is 0 Å². The normalized spacial score (nSPS) is 13.0. The van der Waals surface area contributed by atoms with Crippen LogP contribution in [0.15, 0.2) is 48.8 Å². The maximum absolute atomic E-state index is 12.5. The van der Waals surface area contributed by atoms with Crippen molar-refractivity contribution in [2.75, 3.05) is 6.54 Å². The fraction of sp³-hybridized carbons (Fsp3) is 0.222. The minimum atomic E-state index is -4.43. The Labute approximate surface area is 147 Å². The molecule has 0 aliphatic rings. The van der Waals surface area contributed by atoms with E-state index in [4.69, 9.17) is 0 Å². The minimum Gasteiger partial charge on any atom is -0.387 e. The van der Waals surface area contributed by atoms with Gasteiger partial charge in [0.25, 0.3) is 5.91 Å². The van der Waals surface area contributed by atoms with Crippen molar-refractivity contribution in [3.05, 3.63) is 65.5 Å². The smallest absolute Gasteiger partial charge is 0.387 e. The number of rotatable bonds is 4. The molecule has 0 saturated heterocycles. The summed E-state index contributed by atoms with van der Waals surface area (Å²) in [6, 6.07) is 9.23. The van der Waals surface area contributed by atoms with Crippen LogP contribution in [0.4, 0.5) is 13.2 Å². The Morgan fingerprint density at radius 3 is 2.58 bits per heavy atom. The molecule has 0 saturated carbocycles. The predicted octanol–water partition coefficient (Wildman–Crippen LogP) is 3.06. The number of hydrogen-bond acceptors (Lipinski definition) is 3. The first kappa shape index (κ1) is 17.9. The number of benzene rings is 2. The Morgan fingerprint density at radius 2 is 1.92 bits per heavy atom. The first-order valence-electron chi connectivity index (χ1n) is 7.80. The number of aryl methyl sites for hydroxylation is 1. The van der Waals surface area contributed by atoms with Crippen molar-refractivity contribution >= 4 is 16.9 Å². The molecule has 0 spiro atoms. The fourth-order valence-corrected chi connectivity index (χ4v) is 2.58. The Morgan fingerprint density at radius 1 is 1.23 bits per heavy atom. The van der Waals surface area contributed by atoms with Crippen molar-refractivity contribution in [2.45, 2.75) is 12.3 Å². The van der Waals surface area contributed by atoms with Crippen molar-refractivity contribution < 1.29 is 23.1 Å². The maximum atomic E-state index is 12.5. The highest BCUT2D eigenvalue weighted by Gasteiger charge is 2.30. The van der Waals surface area contributed by atoms with E-state index in [-0.39, 0.29) is 6.54 Å². The molecule has 3 aromatic rings. The molecule has 0 radical (unpaired) electrons. The molecule has 2 N–H and O–H groups in total. The zero-order chi connectivity index (χ0) is 18.9. The number of hydrogen-bond donors (Lipinski definition) is 2.